The average Bonchev–Trinajstić information content (AvgIpc) is 2.53. The summed E-state index contributed by atoms with van der Waals surface area (Å²) in [6.07, 6.45) is 3.88. The van der Waals surface area contributed by atoms with Crippen LogP contribution >= 0.6 is 0 Å². The molecule has 0 atom stereocenters. The molecular formula is C18H35N3O3. The second-order valence-electron chi connectivity index (χ2n) is 8.31. The molecular weight excluding hydrogens is 306 g/mol. The molecule has 24 heavy (non-hydrogen) atoms. The van der Waals surface area contributed by atoms with Gasteiger partial charge in [-0.25, -0.2) is 4.79 Å². The van der Waals surface area contributed by atoms with Gasteiger partial charge in [-0.15, -0.1) is 0 Å². The minimum absolute atomic E-state index is 0.165. The number of ether oxygens (including phenoxy) is 2. The van der Waals surface area contributed by atoms with E-state index in [0.29, 0.717) is 19.1 Å². The smallest absolute Gasteiger partial charge is 0.410 e. The number of piperidine rings is 2. The summed E-state index contributed by atoms with van der Waals surface area (Å²) in [5.41, 5.74) is -0.607. The van der Waals surface area contributed by atoms with Crippen molar-refractivity contribution in [2.75, 3.05) is 46.9 Å². The first-order chi connectivity index (χ1) is 11.2. The van der Waals surface area contributed by atoms with Gasteiger partial charge in [0.1, 0.15) is 5.60 Å². The van der Waals surface area contributed by atoms with Crippen LogP contribution in [-0.4, -0.2) is 80.0 Å². The molecule has 2 rings (SSSR count). The number of methoxy groups -OCH3 is 1. The third-order valence-electron chi connectivity index (χ3n) is 5.19. The fraction of sp³-hybridized carbons (Fsp3) is 0.944. The van der Waals surface area contributed by atoms with E-state index in [0.717, 1.165) is 32.5 Å². The fourth-order valence-electron chi connectivity index (χ4n) is 3.42. The van der Waals surface area contributed by atoms with Gasteiger partial charge in [0.25, 0.3) is 0 Å². The van der Waals surface area contributed by atoms with Crippen LogP contribution in [0, 0.1) is 0 Å². The second kappa shape index (κ2) is 8.02. The van der Waals surface area contributed by atoms with Crippen molar-refractivity contribution in [2.45, 2.75) is 63.7 Å². The van der Waals surface area contributed by atoms with Crippen LogP contribution in [0.1, 0.15) is 46.5 Å². The molecule has 0 aliphatic carbocycles. The van der Waals surface area contributed by atoms with Crippen LogP contribution in [0.5, 0.6) is 0 Å². The number of nitrogens with zero attached hydrogens (tertiary/aromatic N) is 2. The van der Waals surface area contributed by atoms with Crippen LogP contribution in [0.2, 0.25) is 0 Å². The van der Waals surface area contributed by atoms with E-state index in [-0.39, 0.29) is 11.7 Å². The monoisotopic (exact) mass is 341 g/mol. The van der Waals surface area contributed by atoms with E-state index in [9.17, 15) is 4.79 Å². The SMILES string of the molecule is COC1(CNC2CCN(C)CC2)CCN(C(=O)OC(C)(C)C)CC1. The minimum Gasteiger partial charge on any atom is -0.444 e. The maximum atomic E-state index is 12.2. The predicted octanol–water partition coefficient (Wildman–Crippen LogP) is 2.09. The van der Waals surface area contributed by atoms with Crippen LogP contribution < -0.4 is 5.32 Å². The van der Waals surface area contributed by atoms with Crippen LogP contribution in [-0.2, 0) is 9.47 Å². The predicted molar refractivity (Wildman–Crippen MR) is 95.3 cm³/mol. The quantitative estimate of drug-likeness (QED) is 0.848. The first kappa shape index (κ1) is 19.5. The summed E-state index contributed by atoms with van der Waals surface area (Å²) in [6.45, 7) is 10.3. The van der Waals surface area contributed by atoms with Crippen molar-refractivity contribution in [3.63, 3.8) is 0 Å². The number of carbonyl (C=O) groups is 1. The van der Waals surface area contributed by atoms with Gasteiger partial charge >= 0.3 is 6.09 Å². The molecule has 2 aliphatic heterocycles. The third-order valence-corrected chi connectivity index (χ3v) is 5.19. The zero-order chi connectivity index (χ0) is 17.8. The summed E-state index contributed by atoms with van der Waals surface area (Å²) in [4.78, 5) is 16.4. The first-order valence-electron chi connectivity index (χ1n) is 9.18. The molecule has 1 N–H and O–H groups in total. The lowest BCUT2D eigenvalue weighted by Gasteiger charge is -2.42. The Morgan fingerprint density at radius 1 is 1.17 bits per heavy atom. The second-order valence-corrected chi connectivity index (χ2v) is 8.31. The lowest BCUT2D eigenvalue weighted by Crippen LogP contribution is -2.55. The zero-order valence-electron chi connectivity index (χ0n) is 16.1. The molecule has 0 radical (unpaired) electrons. The van der Waals surface area contributed by atoms with Gasteiger partial charge < -0.3 is 24.6 Å². The molecule has 0 saturated carbocycles. The Kier molecular flexibility index (Phi) is 6.51. The highest BCUT2D eigenvalue weighted by Crippen LogP contribution is 2.27. The Morgan fingerprint density at radius 3 is 2.25 bits per heavy atom. The highest BCUT2D eigenvalue weighted by Gasteiger charge is 2.37. The summed E-state index contributed by atoms with van der Waals surface area (Å²) in [5, 5.41) is 3.70. The van der Waals surface area contributed by atoms with Gasteiger partial charge in [-0.3, -0.25) is 0 Å². The van der Waals surface area contributed by atoms with Gasteiger partial charge in [0.05, 0.1) is 5.60 Å². The number of hydrogen-bond donors (Lipinski definition) is 1. The van der Waals surface area contributed by atoms with Crippen molar-refractivity contribution in [2.24, 2.45) is 0 Å². The summed E-state index contributed by atoms with van der Waals surface area (Å²) in [5.74, 6) is 0. The number of rotatable bonds is 4. The Bertz CT molecular complexity index is 406. The maximum absolute atomic E-state index is 12.2. The van der Waals surface area contributed by atoms with Gasteiger partial charge in [0.15, 0.2) is 0 Å². The average molecular weight is 341 g/mol. The van der Waals surface area contributed by atoms with Gasteiger partial charge in [-0.05, 0) is 66.6 Å². The Labute approximate surface area is 146 Å². The molecule has 2 heterocycles. The van der Waals surface area contributed by atoms with Crippen molar-refractivity contribution in [1.82, 2.24) is 15.1 Å². The summed E-state index contributed by atoms with van der Waals surface area (Å²) in [7, 11) is 3.97. The van der Waals surface area contributed by atoms with Gasteiger partial charge in [0.2, 0.25) is 0 Å². The van der Waals surface area contributed by atoms with E-state index >= 15 is 0 Å². The standard InChI is InChI=1S/C18H35N3O3/c1-17(2,3)24-16(22)21-12-8-18(23-5,9-13-21)14-19-15-6-10-20(4)11-7-15/h15,19H,6-14H2,1-5H3. The van der Waals surface area contributed by atoms with Crippen LogP contribution in [0.4, 0.5) is 4.79 Å². The van der Waals surface area contributed by atoms with Crippen LogP contribution in [0.15, 0.2) is 0 Å². The number of amides is 1. The zero-order valence-corrected chi connectivity index (χ0v) is 16.1. The number of nitrogens with one attached hydrogen (secondary N) is 1. The largest absolute Gasteiger partial charge is 0.444 e. The molecule has 2 saturated heterocycles. The van der Waals surface area contributed by atoms with E-state index in [1.54, 1.807) is 12.0 Å². The van der Waals surface area contributed by atoms with E-state index in [1.807, 2.05) is 20.8 Å². The molecule has 6 heteroatoms. The number of likely N-dealkylation sites (tertiary alicyclic amines) is 2. The lowest BCUT2D eigenvalue weighted by molar-refractivity contribution is -0.0606. The van der Waals surface area contributed by atoms with Gasteiger partial charge in [-0.2, -0.15) is 0 Å². The molecule has 0 spiro atoms. The minimum atomic E-state index is -0.442. The molecule has 0 unspecified atom stereocenters. The van der Waals surface area contributed by atoms with Gasteiger partial charge in [-0.1, -0.05) is 0 Å². The molecule has 0 bridgehead atoms. The molecule has 2 aliphatic rings. The first-order valence-corrected chi connectivity index (χ1v) is 9.18. The van der Waals surface area contributed by atoms with Crippen LogP contribution in [0.3, 0.4) is 0 Å². The Morgan fingerprint density at radius 2 is 1.75 bits per heavy atom. The Hall–Kier alpha value is -0.850. The molecule has 0 aromatic carbocycles. The normalized spacial score (nSPS) is 23.3. The van der Waals surface area contributed by atoms with Crippen molar-refractivity contribution in [3.05, 3.63) is 0 Å². The molecule has 6 nitrogen and oxygen atoms in total. The Balaban J connectivity index is 1.79. The van der Waals surface area contributed by atoms with Crippen LogP contribution in [0.25, 0.3) is 0 Å². The van der Waals surface area contributed by atoms with Gasteiger partial charge in [0, 0.05) is 32.8 Å². The summed E-state index contributed by atoms with van der Waals surface area (Å²) < 4.78 is 11.3. The topological polar surface area (TPSA) is 54.0 Å². The summed E-state index contributed by atoms with van der Waals surface area (Å²) in [6, 6.07) is 0.581. The molecule has 1 amide bonds. The van der Waals surface area contributed by atoms with E-state index in [4.69, 9.17) is 9.47 Å². The highest BCUT2D eigenvalue weighted by molar-refractivity contribution is 5.68. The van der Waals surface area contributed by atoms with E-state index < -0.39 is 5.60 Å². The molecule has 0 aromatic heterocycles. The van der Waals surface area contributed by atoms with E-state index in [1.165, 1.54) is 12.8 Å². The lowest BCUT2D eigenvalue weighted by atomic mass is 9.90. The van der Waals surface area contributed by atoms with Crippen molar-refractivity contribution < 1.29 is 14.3 Å². The van der Waals surface area contributed by atoms with Crippen molar-refractivity contribution in [1.29, 1.82) is 0 Å². The summed E-state index contributed by atoms with van der Waals surface area (Å²) >= 11 is 0. The molecule has 140 valence electrons. The number of carbonyl (C=O) groups excluding carboxylic acids is 1. The molecule has 2 fully saturated rings. The third kappa shape index (κ3) is 5.60. The maximum Gasteiger partial charge on any atom is 0.410 e. The number of hydrogen-bond acceptors (Lipinski definition) is 5. The highest BCUT2D eigenvalue weighted by atomic mass is 16.6. The van der Waals surface area contributed by atoms with Crippen molar-refractivity contribution >= 4 is 6.09 Å². The molecule has 0 aromatic rings. The fourth-order valence-corrected chi connectivity index (χ4v) is 3.42. The van der Waals surface area contributed by atoms with Crippen molar-refractivity contribution in [3.8, 4) is 0 Å². The van der Waals surface area contributed by atoms with E-state index in [2.05, 4.69) is 17.3 Å².